The highest BCUT2D eigenvalue weighted by Gasteiger charge is 2.12. The molecule has 6 nitrogen and oxygen atoms in total. The molecule has 4 heterocycles. The Morgan fingerprint density at radius 2 is 1.17 bits per heavy atom. The van der Waals surface area contributed by atoms with E-state index in [1.807, 2.05) is 42.5 Å². The third kappa shape index (κ3) is 2.85. The average Bonchev–Trinajstić information content (AvgIpc) is 2.70. The van der Waals surface area contributed by atoms with Crippen molar-refractivity contribution in [3.05, 3.63) is 73.4 Å². The topological polar surface area (TPSA) is 77.3 Å². The number of rotatable bonds is 3. The second-order valence-corrected chi connectivity index (χ2v) is 5.00. The molecule has 0 aliphatic heterocycles. The average molecular weight is 312 g/mol. The van der Waals surface area contributed by atoms with E-state index in [1.54, 1.807) is 31.0 Å². The van der Waals surface area contributed by atoms with Crippen molar-refractivity contribution in [3.8, 4) is 34.3 Å². The van der Waals surface area contributed by atoms with Gasteiger partial charge in [0.1, 0.15) is 5.69 Å². The standard InChI is InChI=1S/C18H12N6/c1-2-10-21-15(7-1)18-23-16(13-5-3-8-19-11-13)22-17(24-18)14-6-4-9-20-12-14/h1-12H. The molecule has 0 aliphatic rings. The van der Waals surface area contributed by atoms with Crippen molar-refractivity contribution in [2.24, 2.45) is 0 Å². The SMILES string of the molecule is c1ccc(-c2nc(-c3cccnc3)nc(-c3cccnc3)n2)nc1. The first-order valence-corrected chi connectivity index (χ1v) is 7.38. The van der Waals surface area contributed by atoms with Crippen LogP contribution in [0.1, 0.15) is 0 Å². The van der Waals surface area contributed by atoms with Crippen molar-refractivity contribution < 1.29 is 0 Å². The van der Waals surface area contributed by atoms with Gasteiger partial charge < -0.3 is 0 Å². The van der Waals surface area contributed by atoms with Gasteiger partial charge in [0, 0.05) is 42.1 Å². The summed E-state index contributed by atoms with van der Waals surface area (Å²) in [4.78, 5) is 26.3. The highest BCUT2D eigenvalue weighted by molar-refractivity contribution is 5.63. The van der Waals surface area contributed by atoms with Crippen LogP contribution in [0.25, 0.3) is 34.3 Å². The molecule has 0 fully saturated rings. The van der Waals surface area contributed by atoms with E-state index in [0.29, 0.717) is 23.2 Å². The van der Waals surface area contributed by atoms with Gasteiger partial charge in [0.15, 0.2) is 17.5 Å². The predicted molar refractivity (Wildman–Crippen MR) is 89.5 cm³/mol. The molecule has 4 aromatic rings. The lowest BCUT2D eigenvalue weighted by Crippen LogP contribution is -2.01. The van der Waals surface area contributed by atoms with E-state index in [4.69, 9.17) is 0 Å². The minimum Gasteiger partial charge on any atom is -0.264 e. The fourth-order valence-corrected chi connectivity index (χ4v) is 2.23. The molecule has 0 saturated heterocycles. The summed E-state index contributed by atoms with van der Waals surface area (Å²) in [5.41, 5.74) is 2.33. The van der Waals surface area contributed by atoms with E-state index in [1.165, 1.54) is 0 Å². The monoisotopic (exact) mass is 312 g/mol. The fraction of sp³-hybridized carbons (Fsp3) is 0. The molecule has 0 amide bonds. The van der Waals surface area contributed by atoms with Gasteiger partial charge in [0.2, 0.25) is 0 Å². The second-order valence-electron chi connectivity index (χ2n) is 5.00. The Kier molecular flexibility index (Phi) is 3.69. The van der Waals surface area contributed by atoms with Gasteiger partial charge in [-0.2, -0.15) is 0 Å². The summed E-state index contributed by atoms with van der Waals surface area (Å²) in [5.74, 6) is 1.62. The lowest BCUT2D eigenvalue weighted by molar-refractivity contribution is 1.05. The zero-order valence-electron chi connectivity index (χ0n) is 12.6. The molecule has 4 aromatic heterocycles. The van der Waals surface area contributed by atoms with E-state index < -0.39 is 0 Å². The van der Waals surface area contributed by atoms with Gasteiger partial charge in [-0.1, -0.05) is 6.07 Å². The molecule has 0 unspecified atom stereocenters. The van der Waals surface area contributed by atoms with E-state index in [-0.39, 0.29) is 0 Å². The van der Waals surface area contributed by atoms with Gasteiger partial charge in [0.25, 0.3) is 0 Å². The first kappa shape index (κ1) is 14.1. The van der Waals surface area contributed by atoms with Gasteiger partial charge >= 0.3 is 0 Å². The quantitative estimate of drug-likeness (QED) is 0.578. The Labute approximate surface area is 138 Å². The Bertz CT molecular complexity index is 803. The summed E-state index contributed by atoms with van der Waals surface area (Å²) in [6.45, 7) is 0. The normalized spacial score (nSPS) is 10.5. The molecule has 114 valence electrons. The highest BCUT2D eigenvalue weighted by atomic mass is 15.0. The van der Waals surface area contributed by atoms with Gasteiger partial charge in [-0.3, -0.25) is 15.0 Å². The second kappa shape index (κ2) is 6.29. The Morgan fingerprint density at radius 3 is 1.67 bits per heavy atom. The van der Waals surface area contributed by atoms with Crippen LogP contribution in [0, 0.1) is 0 Å². The van der Waals surface area contributed by atoms with Crippen molar-refractivity contribution in [2.45, 2.75) is 0 Å². The van der Waals surface area contributed by atoms with E-state index in [9.17, 15) is 0 Å². The summed E-state index contributed by atoms with van der Waals surface area (Å²) >= 11 is 0. The first-order valence-electron chi connectivity index (χ1n) is 7.38. The maximum absolute atomic E-state index is 4.57. The molecule has 24 heavy (non-hydrogen) atoms. The van der Waals surface area contributed by atoms with E-state index in [0.717, 1.165) is 11.1 Å². The molecule has 0 spiro atoms. The molecular formula is C18H12N6. The number of pyridine rings is 3. The summed E-state index contributed by atoms with van der Waals surface area (Å²) < 4.78 is 0. The van der Waals surface area contributed by atoms with Crippen molar-refractivity contribution in [1.29, 1.82) is 0 Å². The molecular weight excluding hydrogens is 300 g/mol. The summed E-state index contributed by atoms with van der Waals surface area (Å²) in [6.07, 6.45) is 8.60. The van der Waals surface area contributed by atoms with Crippen LogP contribution in [0.4, 0.5) is 0 Å². The summed E-state index contributed by atoms with van der Waals surface area (Å²) in [5, 5.41) is 0. The first-order chi connectivity index (χ1) is 11.9. The van der Waals surface area contributed by atoms with E-state index >= 15 is 0 Å². The fourth-order valence-electron chi connectivity index (χ4n) is 2.23. The zero-order chi connectivity index (χ0) is 16.2. The number of hydrogen-bond acceptors (Lipinski definition) is 6. The molecule has 6 heteroatoms. The van der Waals surface area contributed by atoms with Crippen LogP contribution in [0.2, 0.25) is 0 Å². The molecule has 4 rings (SSSR count). The smallest absolute Gasteiger partial charge is 0.182 e. The summed E-state index contributed by atoms with van der Waals surface area (Å²) in [7, 11) is 0. The van der Waals surface area contributed by atoms with Crippen LogP contribution in [0.5, 0.6) is 0 Å². The Balaban J connectivity index is 1.92. The number of nitrogens with zero attached hydrogens (tertiary/aromatic N) is 6. The number of hydrogen-bond donors (Lipinski definition) is 0. The number of aromatic nitrogens is 6. The molecule has 0 aliphatic carbocycles. The zero-order valence-corrected chi connectivity index (χ0v) is 12.6. The lowest BCUT2D eigenvalue weighted by atomic mass is 10.2. The van der Waals surface area contributed by atoms with Crippen LogP contribution >= 0.6 is 0 Å². The van der Waals surface area contributed by atoms with Gasteiger partial charge in [0.05, 0.1) is 0 Å². The van der Waals surface area contributed by atoms with E-state index in [2.05, 4.69) is 29.9 Å². The van der Waals surface area contributed by atoms with Crippen molar-refractivity contribution >= 4 is 0 Å². The molecule has 0 bridgehead atoms. The third-order valence-electron chi connectivity index (χ3n) is 3.37. The largest absolute Gasteiger partial charge is 0.264 e. The molecule has 0 radical (unpaired) electrons. The molecule has 0 saturated carbocycles. The van der Waals surface area contributed by atoms with Crippen molar-refractivity contribution in [1.82, 2.24) is 29.9 Å². The minimum absolute atomic E-state index is 0.517. The highest BCUT2D eigenvalue weighted by Crippen LogP contribution is 2.22. The van der Waals surface area contributed by atoms with Crippen LogP contribution in [-0.4, -0.2) is 29.9 Å². The lowest BCUT2D eigenvalue weighted by Gasteiger charge is -2.07. The van der Waals surface area contributed by atoms with Gasteiger partial charge in [-0.05, 0) is 36.4 Å². The maximum Gasteiger partial charge on any atom is 0.182 e. The Hall–Kier alpha value is -3.54. The maximum atomic E-state index is 4.57. The van der Waals surface area contributed by atoms with Crippen LogP contribution < -0.4 is 0 Å². The van der Waals surface area contributed by atoms with Crippen LogP contribution in [-0.2, 0) is 0 Å². The molecule has 0 atom stereocenters. The Morgan fingerprint density at radius 1 is 0.542 bits per heavy atom. The molecule has 0 aromatic carbocycles. The van der Waals surface area contributed by atoms with Gasteiger partial charge in [-0.25, -0.2) is 15.0 Å². The van der Waals surface area contributed by atoms with Crippen LogP contribution in [0.3, 0.4) is 0 Å². The third-order valence-corrected chi connectivity index (χ3v) is 3.37. The van der Waals surface area contributed by atoms with Gasteiger partial charge in [-0.15, -0.1) is 0 Å². The predicted octanol–water partition coefficient (Wildman–Crippen LogP) is 3.06. The molecule has 0 N–H and O–H groups in total. The summed E-state index contributed by atoms with van der Waals surface area (Å²) in [6, 6.07) is 13.2. The van der Waals surface area contributed by atoms with Crippen molar-refractivity contribution in [2.75, 3.05) is 0 Å². The van der Waals surface area contributed by atoms with Crippen LogP contribution in [0.15, 0.2) is 73.4 Å². The minimum atomic E-state index is 0.517. The van der Waals surface area contributed by atoms with Crippen molar-refractivity contribution in [3.63, 3.8) is 0 Å².